The summed E-state index contributed by atoms with van der Waals surface area (Å²) >= 11 is 0. The van der Waals surface area contributed by atoms with Gasteiger partial charge in [-0.3, -0.25) is 4.90 Å². The molecule has 1 aromatic carbocycles. The molecule has 0 saturated carbocycles. The molecule has 1 unspecified atom stereocenters. The van der Waals surface area contributed by atoms with Crippen LogP contribution in [0.3, 0.4) is 0 Å². The Morgan fingerprint density at radius 3 is 2.74 bits per heavy atom. The van der Waals surface area contributed by atoms with E-state index in [1.807, 2.05) is 22.9 Å². The molecule has 2 heterocycles. The van der Waals surface area contributed by atoms with Gasteiger partial charge in [0.05, 0.1) is 30.3 Å². The molecule has 2 N–H and O–H groups in total. The van der Waals surface area contributed by atoms with Crippen molar-refractivity contribution in [2.45, 2.75) is 33.4 Å². The van der Waals surface area contributed by atoms with Crippen molar-refractivity contribution in [3.8, 4) is 0 Å². The minimum absolute atomic E-state index is 0.115. The van der Waals surface area contributed by atoms with Gasteiger partial charge in [-0.1, -0.05) is 32.9 Å². The zero-order valence-corrected chi connectivity index (χ0v) is 15.8. The minimum atomic E-state index is -0.405. The van der Waals surface area contributed by atoms with Gasteiger partial charge in [-0.25, -0.2) is 14.6 Å². The Morgan fingerprint density at radius 1 is 1.33 bits per heavy atom. The maximum Gasteiger partial charge on any atom is 0.414 e. The Kier molecular flexibility index (Phi) is 5.34. The number of hydrogen-bond donors (Lipinski definition) is 2. The summed E-state index contributed by atoms with van der Waals surface area (Å²) in [4.78, 5) is 30.1. The standard InChI is InChI=1S/C19H25N5O3/c1-19(2,3)16(12-23-9-8-20-13-23)22-17(25)21-14-6-4-5-7-15(14)24-10-11-27-18(24)26/h4-9,13,16H,10-12H2,1-3H3,(H2,21,22,25). The first-order valence-electron chi connectivity index (χ1n) is 8.91. The number of amides is 3. The van der Waals surface area contributed by atoms with E-state index in [2.05, 4.69) is 36.4 Å². The number of rotatable bonds is 5. The van der Waals surface area contributed by atoms with Gasteiger partial charge in [0.15, 0.2) is 0 Å². The van der Waals surface area contributed by atoms with E-state index in [0.717, 1.165) is 0 Å². The maximum atomic E-state index is 12.7. The zero-order valence-electron chi connectivity index (χ0n) is 15.8. The molecule has 27 heavy (non-hydrogen) atoms. The Hall–Kier alpha value is -3.03. The second-order valence-electron chi connectivity index (χ2n) is 7.56. The van der Waals surface area contributed by atoms with Crippen molar-refractivity contribution in [1.82, 2.24) is 14.9 Å². The third-order valence-corrected chi connectivity index (χ3v) is 4.51. The van der Waals surface area contributed by atoms with E-state index in [4.69, 9.17) is 4.74 Å². The number of carbonyl (C=O) groups is 2. The topological polar surface area (TPSA) is 88.5 Å². The zero-order chi connectivity index (χ0) is 19.4. The number of imidazole rings is 1. The number of cyclic esters (lactones) is 1. The molecule has 0 bridgehead atoms. The fourth-order valence-corrected chi connectivity index (χ4v) is 2.89. The van der Waals surface area contributed by atoms with Crippen molar-refractivity contribution in [3.05, 3.63) is 43.0 Å². The average molecular weight is 371 g/mol. The van der Waals surface area contributed by atoms with E-state index in [0.29, 0.717) is 31.1 Å². The molecule has 0 spiro atoms. The van der Waals surface area contributed by atoms with Gasteiger partial charge in [0.2, 0.25) is 0 Å². The van der Waals surface area contributed by atoms with Gasteiger partial charge < -0.3 is 19.9 Å². The highest BCUT2D eigenvalue weighted by atomic mass is 16.6. The Bertz CT molecular complexity index is 798. The Labute approximate surface area is 158 Å². The van der Waals surface area contributed by atoms with Crippen molar-refractivity contribution in [2.24, 2.45) is 5.41 Å². The van der Waals surface area contributed by atoms with Gasteiger partial charge in [-0.15, -0.1) is 0 Å². The van der Waals surface area contributed by atoms with Gasteiger partial charge in [0.25, 0.3) is 0 Å². The summed E-state index contributed by atoms with van der Waals surface area (Å²) in [6.07, 6.45) is 4.90. The molecule has 144 valence electrons. The molecule has 1 saturated heterocycles. The second kappa shape index (κ2) is 7.69. The van der Waals surface area contributed by atoms with Crippen molar-refractivity contribution in [2.75, 3.05) is 23.4 Å². The molecule has 3 rings (SSSR count). The third-order valence-electron chi connectivity index (χ3n) is 4.51. The van der Waals surface area contributed by atoms with Crippen LogP contribution in [-0.4, -0.2) is 40.9 Å². The fraction of sp³-hybridized carbons (Fsp3) is 0.421. The molecule has 1 atom stereocenters. The summed E-state index contributed by atoms with van der Waals surface area (Å²) in [6.45, 7) is 7.63. The first-order valence-corrected chi connectivity index (χ1v) is 8.91. The monoisotopic (exact) mass is 371 g/mol. The highest BCUT2D eigenvalue weighted by Gasteiger charge is 2.28. The van der Waals surface area contributed by atoms with Crippen LogP contribution in [0, 0.1) is 5.41 Å². The van der Waals surface area contributed by atoms with Crippen LogP contribution in [0.15, 0.2) is 43.0 Å². The van der Waals surface area contributed by atoms with Crippen molar-refractivity contribution in [1.29, 1.82) is 0 Å². The van der Waals surface area contributed by atoms with Gasteiger partial charge in [0.1, 0.15) is 6.61 Å². The number of ether oxygens (including phenoxy) is 1. The first-order chi connectivity index (χ1) is 12.8. The molecule has 8 heteroatoms. The van der Waals surface area contributed by atoms with E-state index in [1.54, 1.807) is 24.7 Å². The van der Waals surface area contributed by atoms with E-state index < -0.39 is 6.09 Å². The summed E-state index contributed by atoms with van der Waals surface area (Å²) in [5.74, 6) is 0. The highest BCUT2D eigenvalue weighted by Crippen LogP contribution is 2.28. The van der Waals surface area contributed by atoms with Crippen LogP contribution < -0.4 is 15.5 Å². The number of aromatic nitrogens is 2. The SMILES string of the molecule is CC(C)(C)C(Cn1ccnc1)NC(=O)Nc1ccccc1N1CCOC1=O. The molecule has 0 radical (unpaired) electrons. The van der Waals surface area contributed by atoms with E-state index in [-0.39, 0.29) is 17.5 Å². The van der Waals surface area contributed by atoms with Gasteiger partial charge in [-0.2, -0.15) is 0 Å². The van der Waals surface area contributed by atoms with Crippen molar-refractivity contribution < 1.29 is 14.3 Å². The van der Waals surface area contributed by atoms with Crippen LogP contribution in [0.1, 0.15) is 20.8 Å². The lowest BCUT2D eigenvalue weighted by molar-refractivity contribution is 0.181. The number of nitrogens with one attached hydrogen (secondary N) is 2. The molecular weight excluding hydrogens is 346 g/mol. The lowest BCUT2D eigenvalue weighted by Gasteiger charge is -2.32. The average Bonchev–Trinajstić information content (AvgIpc) is 3.25. The molecule has 1 aromatic heterocycles. The normalized spacial score (nSPS) is 15.4. The lowest BCUT2D eigenvalue weighted by Crippen LogP contribution is -2.48. The van der Waals surface area contributed by atoms with Crippen LogP contribution in [-0.2, 0) is 11.3 Å². The number of nitrogens with zero attached hydrogens (tertiary/aromatic N) is 3. The first kappa shape index (κ1) is 18.8. The molecule has 0 aliphatic carbocycles. The Morgan fingerprint density at radius 2 is 2.11 bits per heavy atom. The number of carbonyl (C=O) groups excluding carboxylic acids is 2. The molecule has 1 aliphatic heterocycles. The van der Waals surface area contributed by atoms with Crippen LogP contribution in [0.25, 0.3) is 0 Å². The van der Waals surface area contributed by atoms with Crippen LogP contribution in [0.4, 0.5) is 21.0 Å². The van der Waals surface area contributed by atoms with E-state index >= 15 is 0 Å². The quantitative estimate of drug-likeness (QED) is 0.845. The number of benzene rings is 1. The van der Waals surface area contributed by atoms with Gasteiger partial charge >= 0.3 is 12.1 Å². The van der Waals surface area contributed by atoms with Gasteiger partial charge in [-0.05, 0) is 17.5 Å². The summed E-state index contributed by atoms with van der Waals surface area (Å²) in [5.41, 5.74) is 1.03. The minimum Gasteiger partial charge on any atom is -0.447 e. The second-order valence-corrected chi connectivity index (χ2v) is 7.56. The largest absolute Gasteiger partial charge is 0.447 e. The van der Waals surface area contributed by atoms with Crippen LogP contribution in [0.2, 0.25) is 0 Å². The number of anilines is 2. The molecule has 8 nitrogen and oxygen atoms in total. The smallest absolute Gasteiger partial charge is 0.414 e. The number of para-hydroxylation sites is 2. The van der Waals surface area contributed by atoms with E-state index in [9.17, 15) is 9.59 Å². The lowest BCUT2D eigenvalue weighted by atomic mass is 9.86. The molecular formula is C19H25N5O3. The number of urea groups is 1. The van der Waals surface area contributed by atoms with Crippen LogP contribution in [0.5, 0.6) is 0 Å². The Balaban J connectivity index is 1.72. The van der Waals surface area contributed by atoms with Gasteiger partial charge in [0, 0.05) is 18.9 Å². The summed E-state index contributed by atoms with van der Waals surface area (Å²) in [5, 5.41) is 5.91. The highest BCUT2D eigenvalue weighted by molar-refractivity contribution is 5.99. The fourth-order valence-electron chi connectivity index (χ4n) is 2.89. The van der Waals surface area contributed by atoms with Crippen LogP contribution >= 0.6 is 0 Å². The number of hydrogen-bond acceptors (Lipinski definition) is 4. The third kappa shape index (κ3) is 4.58. The molecule has 1 fully saturated rings. The predicted octanol–water partition coefficient (Wildman–Crippen LogP) is 3.08. The van der Waals surface area contributed by atoms with E-state index in [1.165, 1.54) is 4.90 Å². The molecule has 2 aromatic rings. The molecule has 1 aliphatic rings. The molecule has 3 amide bonds. The van der Waals surface area contributed by atoms with Crippen molar-refractivity contribution in [3.63, 3.8) is 0 Å². The predicted molar refractivity (Wildman–Crippen MR) is 103 cm³/mol. The van der Waals surface area contributed by atoms with Crippen molar-refractivity contribution >= 4 is 23.5 Å². The maximum absolute atomic E-state index is 12.7. The summed E-state index contributed by atoms with van der Waals surface area (Å²) in [7, 11) is 0. The summed E-state index contributed by atoms with van der Waals surface area (Å²) < 4.78 is 6.93. The summed E-state index contributed by atoms with van der Waals surface area (Å²) in [6, 6.07) is 6.75.